The van der Waals surface area contributed by atoms with Crippen molar-refractivity contribution in [2.45, 2.75) is 24.5 Å². The highest BCUT2D eigenvalue weighted by Gasteiger charge is 2.18. The normalized spacial score (nSPS) is 17.7. The van der Waals surface area contributed by atoms with E-state index < -0.39 is 0 Å². The van der Waals surface area contributed by atoms with Crippen LogP contribution in [0, 0.1) is 5.92 Å². The van der Waals surface area contributed by atoms with E-state index in [0.29, 0.717) is 17.5 Å². The zero-order valence-corrected chi connectivity index (χ0v) is 14.7. The van der Waals surface area contributed by atoms with Gasteiger partial charge in [-0.1, -0.05) is 29.4 Å². The SMILES string of the molecule is CNCc1nnc(SCC[C@@H]2CCOC2)n1-c1cccc(Cl)c1. The highest BCUT2D eigenvalue weighted by atomic mass is 35.5. The number of rotatable bonds is 7. The van der Waals surface area contributed by atoms with Gasteiger partial charge in [0.25, 0.3) is 0 Å². The molecule has 0 bridgehead atoms. The molecule has 1 aliphatic rings. The summed E-state index contributed by atoms with van der Waals surface area (Å²) in [6, 6.07) is 7.80. The van der Waals surface area contributed by atoms with Crippen LogP contribution in [0.4, 0.5) is 0 Å². The fourth-order valence-electron chi connectivity index (χ4n) is 2.67. The molecule has 1 atom stereocenters. The minimum Gasteiger partial charge on any atom is -0.381 e. The van der Waals surface area contributed by atoms with Gasteiger partial charge in [0.15, 0.2) is 11.0 Å². The molecule has 0 aliphatic carbocycles. The number of nitrogens with one attached hydrogen (secondary N) is 1. The second-order valence-corrected chi connectivity index (χ2v) is 7.11. The van der Waals surface area contributed by atoms with Crippen molar-refractivity contribution in [3.05, 3.63) is 35.1 Å². The van der Waals surface area contributed by atoms with E-state index in [1.165, 1.54) is 6.42 Å². The quantitative estimate of drug-likeness (QED) is 0.776. The van der Waals surface area contributed by atoms with Crippen molar-refractivity contribution in [2.24, 2.45) is 5.92 Å². The predicted octanol–water partition coefficient (Wildman–Crippen LogP) is 3.16. The van der Waals surface area contributed by atoms with Crippen LogP contribution in [0.25, 0.3) is 5.69 Å². The zero-order chi connectivity index (χ0) is 16.1. The summed E-state index contributed by atoms with van der Waals surface area (Å²) >= 11 is 7.89. The number of aromatic nitrogens is 3. The molecule has 23 heavy (non-hydrogen) atoms. The smallest absolute Gasteiger partial charge is 0.195 e. The third-order valence-electron chi connectivity index (χ3n) is 3.88. The second kappa shape index (κ2) is 8.15. The Morgan fingerprint density at radius 1 is 1.43 bits per heavy atom. The van der Waals surface area contributed by atoms with E-state index in [-0.39, 0.29) is 0 Å². The lowest BCUT2D eigenvalue weighted by Gasteiger charge is -2.11. The van der Waals surface area contributed by atoms with E-state index in [1.807, 2.05) is 31.3 Å². The summed E-state index contributed by atoms with van der Waals surface area (Å²) in [7, 11) is 1.91. The molecular formula is C16H21ClN4OS. The summed E-state index contributed by atoms with van der Waals surface area (Å²) in [6.45, 7) is 2.46. The van der Waals surface area contributed by atoms with Crippen LogP contribution in [-0.4, -0.2) is 40.8 Å². The number of benzene rings is 1. The number of hydrogen-bond acceptors (Lipinski definition) is 5. The number of nitrogens with zero attached hydrogens (tertiary/aromatic N) is 3. The van der Waals surface area contributed by atoms with Crippen molar-refractivity contribution in [2.75, 3.05) is 26.0 Å². The van der Waals surface area contributed by atoms with Gasteiger partial charge in [0.05, 0.1) is 12.2 Å². The fraction of sp³-hybridized carbons (Fsp3) is 0.500. The van der Waals surface area contributed by atoms with Crippen molar-refractivity contribution in [3.63, 3.8) is 0 Å². The molecule has 7 heteroatoms. The average Bonchev–Trinajstić information content (AvgIpc) is 3.18. The number of halogens is 1. The molecule has 0 radical (unpaired) electrons. The molecule has 1 saturated heterocycles. The lowest BCUT2D eigenvalue weighted by atomic mass is 10.1. The predicted molar refractivity (Wildman–Crippen MR) is 93.4 cm³/mol. The Morgan fingerprint density at radius 3 is 3.09 bits per heavy atom. The largest absolute Gasteiger partial charge is 0.381 e. The second-order valence-electron chi connectivity index (χ2n) is 5.61. The maximum atomic E-state index is 6.14. The lowest BCUT2D eigenvalue weighted by molar-refractivity contribution is 0.185. The number of thioether (sulfide) groups is 1. The highest BCUT2D eigenvalue weighted by molar-refractivity contribution is 7.99. The van der Waals surface area contributed by atoms with Crippen LogP contribution >= 0.6 is 23.4 Å². The summed E-state index contributed by atoms with van der Waals surface area (Å²) in [5, 5.41) is 13.5. The van der Waals surface area contributed by atoms with Gasteiger partial charge in [0, 0.05) is 24.0 Å². The van der Waals surface area contributed by atoms with Crippen LogP contribution in [0.5, 0.6) is 0 Å². The van der Waals surface area contributed by atoms with Gasteiger partial charge in [0.1, 0.15) is 0 Å². The van der Waals surface area contributed by atoms with Crippen LogP contribution in [-0.2, 0) is 11.3 Å². The highest BCUT2D eigenvalue weighted by Crippen LogP contribution is 2.26. The fourth-order valence-corrected chi connectivity index (χ4v) is 3.93. The topological polar surface area (TPSA) is 52.0 Å². The molecule has 0 unspecified atom stereocenters. The maximum absolute atomic E-state index is 6.14. The first kappa shape index (κ1) is 16.8. The Labute approximate surface area is 145 Å². The molecule has 1 aromatic heterocycles. The molecule has 124 valence electrons. The summed E-state index contributed by atoms with van der Waals surface area (Å²) in [6.07, 6.45) is 2.32. The van der Waals surface area contributed by atoms with Crippen LogP contribution < -0.4 is 5.32 Å². The Bertz CT molecular complexity index is 643. The maximum Gasteiger partial charge on any atom is 0.195 e. The van der Waals surface area contributed by atoms with Gasteiger partial charge in [-0.2, -0.15) is 0 Å². The van der Waals surface area contributed by atoms with Gasteiger partial charge < -0.3 is 10.1 Å². The van der Waals surface area contributed by atoms with E-state index in [0.717, 1.165) is 42.1 Å². The average molecular weight is 353 g/mol. The van der Waals surface area contributed by atoms with Crippen LogP contribution in [0.1, 0.15) is 18.7 Å². The molecular weight excluding hydrogens is 332 g/mol. The molecule has 0 saturated carbocycles. The Balaban J connectivity index is 1.76. The Morgan fingerprint density at radius 2 is 2.35 bits per heavy atom. The summed E-state index contributed by atoms with van der Waals surface area (Å²) in [4.78, 5) is 0. The molecule has 5 nitrogen and oxygen atoms in total. The molecule has 2 heterocycles. The zero-order valence-electron chi connectivity index (χ0n) is 13.2. The van der Waals surface area contributed by atoms with Crippen LogP contribution in [0.3, 0.4) is 0 Å². The van der Waals surface area contributed by atoms with Gasteiger partial charge in [-0.05, 0) is 44.0 Å². The third-order valence-corrected chi connectivity index (χ3v) is 5.08. The Hall–Kier alpha value is -1.08. The molecule has 0 amide bonds. The first-order valence-corrected chi connectivity index (χ1v) is 9.19. The van der Waals surface area contributed by atoms with Crippen molar-refractivity contribution < 1.29 is 4.74 Å². The number of hydrogen-bond donors (Lipinski definition) is 1. The molecule has 2 aromatic rings. The van der Waals surface area contributed by atoms with Gasteiger partial charge in [-0.3, -0.25) is 4.57 Å². The summed E-state index contributed by atoms with van der Waals surface area (Å²) < 4.78 is 7.52. The van der Waals surface area contributed by atoms with Crippen LogP contribution in [0.15, 0.2) is 29.4 Å². The summed E-state index contributed by atoms with van der Waals surface area (Å²) in [5.74, 6) is 2.59. The number of ether oxygens (including phenoxy) is 1. The summed E-state index contributed by atoms with van der Waals surface area (Å²) in [5.41, 5.74) is 0.999. The molecule has 1 aliphatic heterocycles. The van der Waals surface area contributed by atoms with Gasteiger partial charge in [-0.25, -0.2) is 0 Å². The molecule has 1 fully saturated rings. The minimum absolute atomic E-state index is 0.663. The molecule has 1 N–H and O–H groups in total. The minimum atomic E-state index is 0.663. The Kier molecular flexibility index (Phi) is 5.94. The van der Waals surface area contributed by atoms with Crippen molar-refractivity contribution >= 4 is 23.4 Å². The van der Waals surface area contributed by atoms with Crippen molar-refractivity contribution in [3.8, 4) is 5.69 Å². The first-order valence-electron chi connectivity index (χ1n) is 7.83. The third kappa shape index (κ3) is 4.26. The molecule has 0 spiro atoms. The van der Waals surface area contributed by atoms with Crippen LogP contribution in [0.2, 0.25) is 5.02 Å². The first-order chi connectivity index (χ1) is 11.3. The van der Waals surface area contributed by atoms with Crippen molar-refractivity contribution in [1.29, 1.82) is 0 Å². The van der Waals surface area contributed by atoms with E-state index in [9.17, 15) is 0 Å². The van der Waals surface area contributed by atoms with Gasteiger partial charge >= 0.3 is 0 Å². The lowest BCUT2D eigenvalue weighted by Crippen LogP contribution is -2.12. The monoisotopic (exact) mass is 352 g/mol. The van der Waals surface area contributed by atoms with Gasteiger partial charge in [-0.15, -0.1) is 10.2 Å². The molecule has 1 aromatic carbocycles. The van der Waals surface area contributed by atoms with Crippen molar-refractivity contribution in [1.82, 2.24) is 20.1 Å². The molecule has 3 rings (SSSR count). The van der Waals surface area contributed by atoms with Gasteiger partial charge in [0.2, 0.25) is 0 Å². The van der Waals surface area contributed by atoms with E-state index in [2.05, 4.69) is 20.1 Å². The van der Waals surface area contributed by atoms with E-state index in [1.54, 1.807) is 11.8 Å². The standard InChI is InChI=1S/C16H21ClN4OS/c1-18-10-15-19-20-16(23-8-6-12-5-7-22-11-12)21(15)14-4-2-3-13(17)9-14/h2-4,9,12,18H,5-8,10-11H2,1H3/t12-/m0/s1. The van der Waals surface area contributed by atoms with E-state index >= 15 is 0 Å². The van der Waals surface area contributed by atoms with E-state index in [4.69, 9.17) is 16.3 Å².